The zero-order valence-electron chi connectivity index (χ0n) is 6.87. The first-order valence-electron chi connectivity index (χ1n) is 3.47. The fraction of sp³-hybridized carbons (Fsp3) is 0.125. The van der Waals surface area contributed by atoms with Gasteiger partial charge in [0.05, 0.1) is 12.8 Å². The van der Waals surface area contributed by atoms with Crippen molar-refractivity contribution >= 4 is 23.4 Å². The molecule has 1 aromatic carbocycles. The highest BCUT2D eigenvalue weighted by Crippen LogP contribution is 2.27. The Hall–Kier alpha value is -1.42. The van der Waals surface area contributed by atoms with Crippen LogP contribution in [0.2, 0.25) is 5.02 Å². The van der Waals surface area contributed by atoms with Crippen molar-refractivity contribution in [3.05, 3.63) is 23.2 Å². The molecular weight excluding hydrogens is 194 g/mol. The van der Waals surface area contributed by atoms with Crippen LogP contribution in [-0.2, 0) is 0 Å². The quantitative estimate of drug-likeness (QED) is 0.773. The summed E-state index contributed by atoms with van der Waals surface area (Å²) in [5.41, 5.74) is 0.374. The summed E-state index contributed by atoms with van der Waals surface area (Å²) in [5.74, 6) is 0.398. The second-order valence-corrected chi connectivity index (χ2v) is 2.71. The number of methoxy groups -OCH3 is 1. The van der Waals surface area contributed by atoms with Crippen LogP contribution in [0.4, 0.5) is 10.5 Å². The standard InChI is InChI=1S/C8H8ClNO3/c1-13-7-4-5(9)2-3-6(7)10-8(11)12/h2-4,10H,1H3,(H,11,12). The van der Waals surface area contributed by atoms with Crippen molar-refractivity contribution in [2.45, 2.75) is 0 Å². The van der Waals surface area contributed by atoms with E-state index in [-0.39, 0.29) is 0 Å². The fourth-order valence-electron chi connectivity index (χ4n) is 0.884. The number of carbonyl (C=O) groups is 1. The normalized spacial score (nSPS) is 9.38. The third-order valence-corrected chi connectivity index (χ3v) is 1.64. The number of rotatable bonds is 2. The summed E-state index contributed by atoms with van der Waals surface area (Å²) < 4.78 is 4.92. The van der Waals surface area contributed by atoms with Crippen molar-refractivity contribution in [3.8, 4) is 5.75 Å². The number of carboxylic acid groups (broad SMARTS) is 1. The first-order chi connectivity index (χ1) is 6.13. The van der Waals surface area contributed by atoms with Crippen molar-refractivity contribution in [2.24, 2.45) is 0 Å². The molecular formula is C8H8ClNO3. The molecule has 0 aromatic heterocycles. The molecule has 0 heterocycles. The van der Waals surface area contributed by atoms with Crippen LogP contribution in [0.25, 0.3) is 0 Å². The summed E-state index contributed by atoms with van der Waals surface area (Å²) >= 11 is 5.68. The number of hydrogen-bond acceptors (Lipinski definition) is 2. The van der Waals surface area contributed by atoms with Crippen molar-refractivity contribution in [3.63, 3.8) is 0 Å². The Labute approximate surface area is 80.1 Å². The zero-order valence-corrected chi connectivity index (χ0v) is 7.63. The Morgan fingerprint density at radius 3 is 2.85 bits per heavy atom. The number of ether oxygens (including phenoxy) is 1. The van der Waals surface area contributed by atoms with E-state index in [0.717, 1.165) is 0 Å². The summed E-state index contributed by atoms with van der Waals surface area (Å²) in [6, 6.07) is 4.65. The Balaban J connectivity index is 2.99. The monoisotopic (exact) mass is 201 g/mol. The number of nitrogens with one attached hydrogen (secondary N) is 1. The van der Waals surface area contributed by atoms with Crippen LogP contribution >= 0.6 is 11.6 Å². The van der Waals surface area contributed by atoms with Crippen molar-refractivity contribution in [1.82, 2.24) is 0 Å². The summed E-state index contributed by atoms with van der Waals surface area (Å²) in [6.45, 7) is 0. The van der Waals surface area contributed by atoms with Gasteiger partial charge in [0.2, 0.25) is 0 Å². The molecule has 1 aromatic rings. The summed E-state index contributed by atoms with van der Waals surface area (Å²) in [6.07, 6.45) is -1.14. The van der Waals surface area contributed by atoms with Gasteiger partial charge in [-0.3, -0.25) is 5.32 Å². The molecule has 0 saturated carbocycles. The van der Waals surface area contributed by atoms with Gasteiger partial charge in [-0.1, -0.05) is 11.6 Å². The number of anilines is 1. The molecule has 0 fully saturated rings. The second-order valence-electron chi connectivity index (χ2n) is 2.27. The van der Waals surface area contributed by atoms with E-state index in [1.165, 1.54) is 19.2 Å². The predicted octanol–water partition coefficient (Wildman–Crippen LogP) is 2.44. The fourth-order valence-corrected chi connectivity index (χ4v) is 1.05. The van der Waals surface area contributed by atoms with Gasteiger partial charge in [0.15, 0.2) is 0 Å². The maximum absolute atomic E-state index is 10.3. The minimum Gasteiger partial charge on any atom is -0.495 e. The number of benzene rings is 1. The first kappa shape index (κ1) is 9.67. The molecule has 13 heavy (non-hydrogen) atoms. The molecule has 0 radical (unpaired) electrons. The molecule has 0 spiro atoms. The zero-order chi connectivity index (χ0) is 9.84. The largest absolute Gasteiger partial charge is 0.495 e. The highest BCUT2D eigenvalue weighted by molar-refractivity contribution is 6.30. The third-order valence-electron chi connectivity index (χ3n) is 1.41. The van der Waals surface area contributed by atoms with Crippen LogP contribution in [0.15, 0.2) is 18.2 Å². The molecule has 0 aliphatic carbocycles. The minimum atomic E-state index is -1.14. The Morgan fingerprint density at radius 1 is 1.62 bits per heavy atom. The molecule has 0 atom stereocenters. The van der Waals surface area contributed by atoms with Crippen molar-refractivity contribution in [1.29, 1.82) is 0 Å². The maximum atomic E-state index is 10.3. The second kappa shape index (κ2) is 4.00. The van der Waals surface area contributed by atoms with Gasteiger partial charge in [-0.25, -0.2) is 4.79 Å². The summed E-state index contributed by atoms with van der Waals surface area (Å²) in [5, 5.41) is 11.1. The van der Waals surface area contributed by atoms with Gasteiger partial charge in [0, 0.05) is 11.1 Å². The smallest absolute Gasteiger partial charge is 0.409 e. The van der Waals surface area contributed by atoms with Crippen LogP contribution in [0.5, 0.6) is 5.75 Å². The van der Waals surface area contributed by atoms with Crippen LogP contribution < -0.4 is 10.1 Å². The third kappa shape index (κ3) is 2.52. The van der Waals surface area contributed by atoms with Gasteiger partial charge in [-0.15, -0.1) is 0 Å². The van der Waals surface area contributed by atoms with Crippen LogP contribution in [0, 0.1) is 0 Å². The lowest BCUT2D eigenvalue weighted by Crippen LogP contribution is -2.08. The summed E-state index contributed by atoms with van der Waals surface area (Å²) in [4.78, 5) is 10.3. The van der Waals surface area contributed by atoms with E-state index in [4.69, 9.17) is 21.4 Å². The van der Waals surface area contributed by atoms with Gasteiger partial charge in [0.1, 0.15) is 5.75 Å². The number of halogens is 1. The molecule has 70 valence electrons. The molecule has 4 nitrogen and oxygen atoms in total. The lowest BCUT2D eigenvalue weighted by Gasteiger charge is -2.07. The van der Waals surface area contributed by atoms with E-state index in [2.05, 4.69) is 5.32 Å². The lowest BCUT2D eigenvalue weighted by atomic mass is 10.3. The van der Waals surface area contributed by atoms with Gasteiger partial charge < -0.3 is 9.84 Å². The van der Waals surface area contributed by atoms with E-state index in [0.29, 0.717) is 16.5 Å². The average Bonchev–Trinajstić information content (AvgIpc) is 2.07. The van der Waals surface area contributed by atoms with Crippen molar-refractivity contribution in [2.75, 3.05) is 12.4 Å². The van der Waals surface area contributed by atoms with E-state index in [9.17, 15) is 4.79 Å². The Kier molecular flexibility index (Phi) is 2.97. The highest BCUT2D eigenvalue weighted by Gasteiger charge is 2.05. The summed E-state index contributed by atoms with van der Waals surface area (Å²) in [7, 11) is 1.44. The molecule has 1 amide bonds. The van der Waals surface area contributed by atoms with Crippen molar-refractivity contribution < 1.29 is 14.6 Å². The molecule has 1 rings (SSSR count). The molecule has 2 N–H and O–H groups in total. The van der Waals surface area contributed by atoms with Crippen LogP contribution in [0.1, 0.15) is 0 Å². The Bertz CT molecular complexity index is 327. The molecule has 0 aliphatic heterocycles. The van der Waals surface area contributed by atoms with Gasteiger partial charge >= 0.3 is 6.09 Å². The maximum Gasteiger partial charge on any atom is 0.409 e. The molecule has 0 saturated heterocycles. The van der Waals surface area contributed by atoms with E-state index < -0.39 is 6.09 Å². The average molecular weight is 202 g/mol. The van der Waals surface area contributed by atoms with Crippen LogP contribution in [0.3, 0.4) is 0 Å². The van der Waals surface area contributed by atoms with Gasteiger partial charge in [-0.2, -0.15) is 0 Å². The molecule has 5 heteroatoms. The highest BCUT2D eigenvalue weighted by atomic mass is 35.5. The number of hydrogen-bond donors (Lipinski definition) is 2. The Morgan fingerprint density at radius 2 is 2.31 bits per heavy atom. The predicted molar refractivity (Wildman–Crippen MR) is 49.7 cm³/mol. The van der Waals surface area contributed by atoms with E-state index >= 15 is 0 Å². The molecule has 0 aliphatic rings. The van der Waals surface area contributed by atoms with Gasteiger partial charge in [0.25, 0.3) is 0 Å². The molecule has 0 unspecified atom stereocenters. The van der Waals surface area contributed by atoms with E-state index in [1.54, 1.807) is 6.07 Å². The SMILES string of the molecule is COc1cc(Cl)ccc1NC(=O)O. The van der Waals surface area contributed by atoms with Gasteiger partial charge in [-0.05, 0) is 12.1 Å². The first-order valence-corrected chi connectivity index (χ1v) is 3.85. The van der Waals surface area contributed by atoms with Crippen LogP contribution in [-0.4, -0.2) is 18.3 Å². The topological polar surface area (TPSA) is 58.6 Å². The minimum absolute atomic E-state index is 0.374. The van der Waals surface area contributed by atoms with E-state index in [1.807, 2.05) is 0 Å². The molecule has 0 bridgehead atoms. The lowest BCUT2D eigenvalue weighted by molar-refractivity contribution is 0.209. The number of amides is 1.